The van der Waals surface area contributed by atoms with Crippen LogP contribution in [0.5, 0.6) is 5.75 Å². The molecule has 1 aromatic carbocycles. The van der Waals surface area contributed by atoms with E-state index in [1.54, 1.807) is 34.9 Å². The van der Waals surface area contributed by atoms with Gasteiger partial charge in [-0.25, -0.2) is 9.59 Å². The van der Waals surface area contributed by atoms with E-state index in [0.29, 0.717) is 56.6 Å². The van der Waals surface area contributed by atoms with Crippen LogP contribution in [0.25, 0.3) is 0 Å². The first kappa shape index (κ1) is 31.2. The number of aromatic nitrogens is 2. The highest BCUT2D eigenvalue weighted by Crippen LogP contribution is 2.25. The van der Waals surface area contributed by atoms with Gasteiger partial charge in [-0.2, -0.15) is 0 Å². The Morgan fingerprint density at radius 3 is 2.15 bits per heavy atom. The van der Waals surface area contributed by atoms with Crippen LogP contribution in [-0.2, 0) is 4.74 Å². The van der Waals surface area contributed by atoms with Gasteiger partial charge in [0.1, 0.15) is 23.3 Å². The van der Waals surface area contributed by atoms with E-state index in [4.69, 9.17) is 9.47 Å². The van der Waals surface area contributed by atoms with Crippen LogP contribution in [0.3, 0.4) is 0 Å². The summed E-state index contributed by atoms with van der Waals surface area (Å²) >= 11 is 0. The van der Waals surface area contributed by atoms with Crippen molar-refractivity contribution in [3.05, 3.63) is 51.2 Å². The van der Waals surface area contributed by atoms with Crippen molar-refractivity contribution in [2.45, 2.75) is 78.7 Å². The number of carbonyl (C=O) groups excluding carboxylic acids is 1. The molecule has 0 aliphatic carbocycles. The molecule has 0 spiro atoms. The molecule has 11 nitrogen and oxygen atoms in total. The Balaban J connectivity index is 1.59. The number of anilines is 2. The Kier molecular flexibility index (Phi) is 10.4. The van der Waals surface area contributed by atoms with Crippen LogP contribution in [-0.4, -0.2) is 76.3 Å². The smallest absolute Gasteiger partial charge is 0.411 e. The molecule has 1 aromatic heterocycles. The van der Waals surface area contributed by atoms with Crippen molar-refractivity contribution >= 4 is 17.6 Å². The van der Waals surface area contributed by atoms with Gasteiger partial charge in [-0.3, -0.25) is 24.1 Å². The lowest BCUT2D eigenvalue weighted by molar-refractivity contribution is -0.0449. The molecule has 2 aromatic rings. The number of amides is 1. The first-order chi connectivity index (χ1) is 18.8. The fraction of sp³-hybridized carbons (Fsp3) is 0.621. The molecule has 1 atom stereocenters. The molecule has 222 valence electrons. The molecule has 1 aliphatic rings. The van der Waals surface area contributed by atoms with Crippen molar-refractivity contribution in [3.8, 4) is 5.75 Å². The van der Waals surface area contributed by atoms with E-state index in [1.807, 2.05) is 48.5 Å². The summed E-state index contributed by atoms with van der Waals surface area (Å²) in [7, 11) is 0. The zero-order valence-corrected chi connectivity index (χ0v) is 24.8. The SMILES string of the molecule is CCCOC(=O)Nc1ccc(OC(C)(C)C(O)CN2CCN(c3cc(=O)n(C(C)C)c(=O)n3C(C)C)CC2)cc1. The molecule has 0 radical (unpaired) electrons. The Morgan fingerprint density at radius 2 is 1.60 bits per heavy atom. The maximum Gasteiger partial charge on any atom is 0.411 e. The molecule has 11 heteroatoms. The number of aliphatic hydroxyl groups is 1. The summed E-state index contributed by atoms with van der Waals surface area (Å²) in [6.07, 6.45) is -0.523. The second-order valence-corrected chi connectivity index (χ2v) is 11.3. The summed E-state index contributed by atoms with van der Waals surface area (Å²) in [5.41, 5.74) is -0.853. The third-order valence-corrected chi connectivity index (χ3v) is 7.03. The van der Waals surface area contributed by atoms with E-state index in [9.17, 15) is 19.5 Å². The molecule has 1 fully saturated rings. The Bertz CT molecular complexity index is 1240. The van der Waals surface area contributed by atoms with E-state index in [0.717, 1.165) is 6.42 Å². The number of ether oxygens (including phenoxy) is 2. The molecule has 0 bridgehead atoms. The molecule has 0 saturated carbocycles. The number of benzene rings is 1. The van der Waals surface area contributed by atoms with Crippen LogP contribution in [0.4, 0.5) is 16.3 Å². The van der Waals surface area contributed by atoms with Gasteiger partial charge in [0, 0.05) is 56.6 Å². The lowest BCUT2D eigenvalue weighted by atomic mass is 10.0. The number of piperazine rings is 1. The van der Waals surface area contributed by atoms with Crippen LogP contribution in [0.2, 0.25) is 0 Å². The van der Waals surface area contributed by atoms with Gasteiger partial charge in [0.2, 0.25) is 0 Å². The van der Waals surface area contributed by atoms with Crippen molar-refractivity contribution in [1.82, 2.24) is 14.0 Å². The minimum absolute atomic E-state index is 0.0920. The summed E-state index contributed by atoms with van der Waals surface area (Å²) in [5, 5.41) is 13.7. The van der Waals surface area contributed by atoms with E-state index in [-0.39, 0.29) is 23.3 Å². The number of nitrogens with one attached hydrogen (secondary N) is 1. The van der Waals surface area contributed by atoms with Gasteiger partial charge in [-0.1, -0.05) is 6.92 Å². The predicted octanol–water partition coefficient (Wildman–Crippen LogP) is 3.47. The van der Waals surface area contributed by atoms with Crippen molar-refractivity contribution in [1.29, 1.82) is 0 Å². The monoisotopic (exact) mass is 559 g/mol. The lowest BCUT2D eigenvalue weighted by Gasteiger charge is -2.40. The molecule has 1 amide bonds. The number of rotatable bonds is 11. The Hall–Kier alpha value is -3.31. The van der Waals surface area contributed by atoms with Crippen LogP contribution in [0.15, 0.2) is 39.9 Å². The first-order valence-corrected chi connectivity index (χ1v) is 14.1. The Labute approximate surface area is 236 Å². The molecular formula is C29H45N5O6. The van der Waals surface area contributed by atoms with Gasteiger partial charge in [0.25, 0.3) is 5.56 Å². The van der Waals surface area contributed by atoms with Gasteiger partial charge < -0.3 is 19.5 Å². The van der Waals surface area contributed by atoms with Gasteiger partial charge >= 0.3 is 11.8 Å². The van der Waals surface area contributed by atoms with E-state index >= 15 is 0 Å². The van der Waals surface area contributed by atoms with Crippen LogP contribution in [0, 0.1) is 0 Å². The summed E-state index contributed by atoms with van der Waals surface area (Å²) in [6.45, 7) is 16.5. The lowest BCUT2D eigenvalue weighted by Crippen LogP contribution is -2.54. The topological polar surface area (TPSA) is 118 Å². The third kappa shape index (κ3) is 7.66. The van der Waals surface area contributed by atoms with Crippen molar-refractivity contribution < 1.29 is 19.4 Å². The minimum atomic E-state index is -0.869. The van der Waals surface area contributed by atoms with Crippen LogP contribution in [0.1, 0.15) is 67.0 Å². The molecule has 2 N–H and O–H groups in total. The number of hydrogen-bond donors (Lipinski definition) is 2. The van der Waals surface area contributed by atoms with Crippen molar-refractivity contribution in [3.63, 3.8) is 0 Å². The Morgan fingerprint density at radius 1 is 1.00 bits per heavy atom. The van der Waals surface area contributed by atoms with Gasteiger partial charge in [-0.15, -0.1) is 0 Å². The normalized spacial score (nSPS) is 15.4. The highest BCUT2D eigenvalue weighted by atomic mass is 16.5. The average molecular weight is 560 g/mol. The fourth-order valence-corrected chi connectivity index (χ4v) is 4.71. The number of aliphatic hydroxyl groups excluding tert-OH is 1. The summed E-state index contributed by atoms with van der Waals surface area (Å²) in [5.74, 6) is 1.21. The van der Waals surface area contributed by atoms with E-state index < -0.39 is 17.8 Å². The third-order valence-electron chi connectivity index (χ3n) is 7.03. The van der Waals surface area contributed by atoms with Crippen molar-refractivity contribution in [2.24, 2.45) is 0 Å². The quantitative estimate of drug-likeness (QED) is 0.430. The largest absolute Gasteiger partial charge is 0.485 e. The molecule has 40 heavy (non-hydrogen) atoms. The van der Waals surface area contributed by atoms with E-state index in [2.05, 4.69) is 15.1 Å². The van der Waals surface area contributed by atoms with Gasteiger partial charge in [0.05, 0.1) is 6.61 Å². The standard InChI is InChI=1S/C29H45N5O6/c1-8-17-39-27(37)30-22-9-11-23(12-10-22)40-29(6,7)24(35)19-31-13-15-32(16-14-31)25-18-26(36)34(21(4)5)28(38)33(25)20(2)3/h9-12,18,20-21,24,35H,8,13-17,19H2,1-7H3,(H,30,37). The molecular weight excluding hydrogens is 514 g/mol. The van der Waals surface area contributed by atoms with Gasteiger partial charge in [-0.05, 0) is 72.2 Å². The molecule has 3 rings (SSSR count). The predicted molar refractivity (Wildman–Crippen MR) is 157 cm³/mol. The zero-order valence-electron chi connectivity index (χ0n) is 24.8. The maximum absolute atomic E-state index is 13.1. The summed E-state index contributed by atoms with van der Waals surface area (Å²) in [6, 6.07) is 8.19. The molecule has 1 unspecified atom stereocenters. The second kappa shape index (κ2) is 13.4. The number of β-amino-alcohol motifs (C(OH)–C–C–N with tert-alkyl or cyclic N) is 1. The summed E-state index contributed by atoms with van der Waals surface area (Å²) in [4.78, 5) is 41.8. The minimum Gasteiger partial charge on any atom is -0.485 e. The van der Waals surface area contributed by atoms with Crippen molar-refractivity contribution in [2.75, 3.05) is 49.5 Å². The second-order valence-electron chi connectivity index (χ2n) is 11.3. The molecule has 1 aliphatic heterocycles. The number of nitrogens with zero attached hydrogens (tertiary/aromatic N) is 4. The average Bonchev–Trinajstić information content (AvgIpc) is 2.88. The maximum atomic E-state index is 13.1. The van der Waals surface area contributed by atoms with Crippen LogP contribution < -0.4 is 26.2 Å². The fourth-order valence-electron chi connectivity index (χ4n) is 4.71. The van der Waals surface area contributed by atoms with Crippen LogP contribution >= 0.6 is 0 Å². The summed E-state index contributed by atoms with van der Waals surface area (Å²) < 4.78 is 14.1. The molecule has 2 heterocycles. The first-order valence-electron chi connectivity index (χ1n) is 14.1. The highest BCUT2D eigenvalue weighted by Gasteiger charge is 2.33. The van der Waals surface area contributed by atoms with Gasteiger partial charge in [0.15, 0.2) is 0 Å². The number of hydrogen-bond acceptors (Lipinski definition) is 8. The zero-order chi connectivity index (χ0) is 29.6. The highest BCUT2D eigenvalue weighted by molar-refractivity contribution is 5.84. The molecule has 1 saturated heterocycles. The van der Waals surface area contributed by atoms with E-state index in [1.165, 1.54) is 4.57 Å². The number of carbonyl (C=O) groups is 1.